The predicted molar refractivity (Wildman–Crippen MR) is 97.5 cm³/mol. The zero-order valence-electron chi connectivity index (χ0n) is 13.3. The highest BCUT2D eigenvalue weighted by molar-refractivity contribution is 7.10. The first-order chi connectivity index (χ1) is 12.1. The minimum atomic E-state index is -1.72. The molecule has 0 bridgehead atoms. The molecule has 2 heterocycles. The number of aliphatic carboxylic acids is 1. The summed E-state index contributed by atoms with van der Waals surface area (Å²) in [6.07, 6.45) is 2.25. The van der Waals surface area contributed by atoms with Crippen molar-refractivity contribution in [2.45, 2.75) is 24.3 Å². The average molecular weight is 349 g/mol. The van der Waals surface area contributed by atoms with Gasteiger partial charge < -0.3 is 10.4 Å². The van der Waals surface area contributed by atoms with Crippen molar-refractivity contribution in [2.75, 3.05) is 5.32 Å². The summed E-state index contributed by atoms with van der Waals surface area (Å²) in [4.78, 5) is 26.0. The second-order valence-corrected chi connectivity index (χ2v) is 7.64. The first-order valence-electron chi connectivity index (χ1n) is 8.29. The maximum atomic E-state index is 13.3. The first-order valence-corrected chi connectivity index (χ1v) is 9.17. The van der Waals surface area contributed by atoms with E-state index in [0.29, 0.717) is 22.0 Å². The summed E-state index contributed by atoms with van der Waals surface area (Å²) >= 11 is 1.29. The van der Waals surface area contributed by atoms with Crippen molar-refractivity contribution in [2.24, 2.45) is 0 Å². The molecule has 2 N–H and O–H groups in total. The van der Waals surface area contributed by atoms with E-state index in [1.165, 1.54) is 11.3 Å². The number of carboxylic acids is 1. The van der Waals surface area contributed by atoms with E-state index < -0.39 is 11.5 Å². The molecule has 0 radical (unpaired) electrons. The monoisotopic (exact) mass is 349 g/mol. The number of rotatable bonds is 3. The molecule has 124 valence electrons. The summed E-state index contributed by atoms with van der Waals surface area (Å²) in [6, 6.07) is 13.3. The largest absolute Gasteiger partial charge is 0.479 e. The van der Waals surface area contributed by atoms with Crippen LogP contribution >= 0.6 is 11.3 Å². The van der Waals surface area contributed by atoms with Crippen LogP contribution in [0.25, 0.3) is 10.8 Å². The molecule has 0 saturated heterocycles. The van der Waals surface area contributed by atoms with Gasteiger partial charge in [0.05, 0.1) is 5.69 Å². The molecule has 25 heavy (non-hydrogen) atoms. The summed E-state index contributed by atoms with van der Waals surface area (Å²) in [6.45, 7) is 0. The summed E-state index contributed by atoms with van der Waals surface area (Å²) < 4.78 is 0. The molecular weight excluding hydrogens is 334 g/mol. The molecule has 4 nitrogen and oxygen atoms in total. The van der Waals surface area contributed by atoms with Gasteiger partial charge in [-0.2, -0.15) is 0 Å². The number of ketones is 1. The Hall–Kier alpha value is -2.66. The third kappa shape index (κ3) is 1.87. The molecule has 0 unspecified atom stereocenters. The second kappa shape index (κ2) is 4.92. The number of carbonyl (C=O) groups excluding carboxylic acids is 1. The van der Waals surface area contributed by atoms with Gasteiger partial charge in [-0.25, -0.2) is 4.79 Å². The van der Waals surface area contributed by atoms with Crippen molar-refractivity contribution in [3.05, 3.63) is 63.8 Å². The number of hydrogen-bond donors (Lipinski definition) is 2. The van der Waals surface area contributed by atoms with E-state index >= 15 is 0 Å². The maximum absolute atomic E-state index is 13.3. The van der Waals surface area contributed by atoms with Crippen molar-refractivity contribution >= 4 is 39.5 Å². The van der Waals surface area contributed by atoms with Crippen molar-refractivity contribution in [3.8, 4) is 0 Å². The van der Waals surface area contributed by atoms with Crippen molar-refractivity contribution in [1.82, 2.24) is 0 Å². The standard InChI is InChI=1S/C20H15NO3S/c22-18-15-10-14(11-7-8-11)12-4-1-2-5-13(12)17(15)21-20(18,19(23)24)16-6-3-9-25-16/h1-6,9-11,21H,7-8H2,(H,23,24)/t20-/m1/s1. The molecule has 1 aliphatic carbocycles. The Labute approximate surface area is 148 Å². The highest BCUT2D eigenvalue weighted by Crippen LogP contribution is 2.50. The van der Waals surface area contributed by atoms with Crippen LogP contribution in [0.2, 0.25) is 0 Å². The minimum absolute atomic E-state index is 0.370. The molecule has 1 aromatic heterocycles. The van der Waals surface area contributed by atoms with E-state index in [1.54, 1.807) is 17.5 Å². The first kappa shape index (κ1) is 14.7. The SMILES string of the molecule is O=C(O)[C@]1(c2cccs2)Nc2c(cc(C3CC3)c3ccccc23)C1=O. The number of benzene rings is 2. The molecule has 2 aromatic carbocycles. The van der Waals surface area contributed by atoms with Gasteiger partial charge in [0.1, 0.15) is 0 Å². The predicted octanol–water partition coefficient (Wildman–Crippen LogP) is 4.37. The van der Waals surface area contributed by atoms with E-state index in [4.69, 9.17) is 0 Å². The van der Waals surface area contributed by atoms with E-state index in [9.17, 15) is 14.7 Å². The molecule has 1 atom stereocenters. The van der Waals surface area contributed by atoms with Crippen LogP contribution in [0, 0.1) is 0 Å². The number of nitrogens with one attached hydrogen (secondary N) is 1. The minimum Gasteiger partial charge on any atom is -0.479 e. The number of fused-ring (bicyclic) bond motifs is 3. The molecule has 1 saturated carbocycles. The fraction of sp³-hybridized carbons (Fsp3) is 0.200. The van der Waals surface area contributed by atoms with Crippen LogP contribution < -0.4 is 5.32 Å². The third-order valence-corrected chi connectivity index (χ3v) is 6.19. The lowest BCUT2D eigenvalue weighted by Crippen LogP contribution is -2.45. The number of Topliss-reactive ketones (excluding diaryl/α,β-unsaturated/α-hetero) is 1. The van der Waals surface area contributed by atoms with Gasteiger partial charge in [-0.15, -0.1) is 11.3 Å². The molecular formula is C20H15NO3S. The Morgan fingerprint density at radius 2 is 1.92 bits per heavy atom. The van der Waals surface area contributed by atoms with Crippen LogP contribution in [0.5, 0.6) is 0 Å². The molecule has 1 aliphatic heterocycles. The van der Waals surface area contributed by atoms with Crippen molar-refractivity contribution in [1.29, 1.82) is 0 Å². The molecule has 0 amide bonds. The van der Waals surface area contributed by atoms with Crippen LogP contribution in [0.15, 0.2) is 47.8 Å². The van der Waals surface area contributed by atoms with Crippen LogP contribution in [0.1, 0.15) is 39.6 Å². The van der Waals surface area contributed by atoms with E-state index in [0.717, 1.165) is 29.2 Å². The van der Waals surface area contributed by atoms with E-state index in [-0.39, 0.29) is 5.78 Å². The smallest absolute Gasteiger partial charge is 0.343 e. The lowest BCUT2D eigenvalue weighted by atomic mass is 9.90. The average Bonchev–Trinajstić information content (AvgIpc) is 3.21. The zero-order valence-corrected chi connectivity index (χ0v) is 14.1. The van der Waals surface area contributed by atoms with Gasteiger partial charge in [0.2, 0.25) is 11.3 Å². The van der Waals surface area contributed by atoms with Gasteiger partial charge in [-0.1, -0.05) is 30.3 Å². The normalized spacial score (nSPS) is 22.0. The summed E-state index contributed by atoms with van der Waals surface area (Å²) in [5.74, 6) is -1.05. The summed E-state index contributed by atoms with van der Waals surface area (Å²) in [7, 11) is 0. The molecule has 1 fully saturated rings. The third-order valence-electron chi connectivity index (χ3n) is 5.20. The Morgan fingerprint density at radius 3 is 2.56 bits per heavy atom. The lowest BCUT2D eigenvalue weighted by molar-refractivity contribution is -0.140. The van der Waals surface area contributed by atoms with E-state index in [1.807, 2.05) is 24.3 Å². The maximum Gasteiger partial charge on any atom is 0.343 e. The van der Waals surface area contributed by atoms with Crippen LogP contribution in [0.4, 0.5) is 5.69 Å². The molecule has 5 heteroatoms. The van der Waals surface area contributed by atoms with Gasteiger partial charge in [-0.3, -0.25) is 4.79 Å². The molecule has 5 rings (SSSR count). The van der Waals surface area contributed by atoms with Crippen LogP contribution in [-0.4, -0.2) is 16.9 Å². The van der Waals surface area contributed by atoms with E-state index in [2.05, 4.69) is 11.4 Å². The zero-order chi connectivity index (χ0) is 17.2. The van der Waals surface area contributed by atoms with Crippen molar-refractivity contribution in [3.63, 3.8) is 0 Å². The molecule has 3 aromatic rings. The highest BCUT2D eigenvalue weighted by Gasteiger charge is 2.55. The van der Waals surface area contributed by atoms with Crippen LogP contribution in [0.3, 0.4) is 0 Å². The fourth-order valence-electron chi connectivity index (χ4n) is 3.82. The Kier molecular flexibility index (Phi) is 2.89. The number of thiophene rings is 1. The number of carboxylic acid groups (broad SMARTS) is 1. The number of hydrogen-bond acceptors (Lipinski definition) is 4. The van der Waals surface area contributed by atoms with Crippen LogP contribution in [-0.2, 0) is 10.3 Å². The van der Waals surface area contributed by atoms with Gasteiger partial charge in [0.15, 0.2) is 0 Å². The Balaban J connectivity index is 1.81. The lowest BCUT2D eigenvalue weighted by Gasteiger charge is -2.22. The topological polar surface area (TPSA) is 66.4 Å². The second-order valence-electron chi connectivity index (χ2n) is 6.69. The molecule has 2 aliphatic rings. The summed E-state index contributed by atoms with van der Waals surface area (Å²) in [5, 5.41) is 16.9. The van der Waals surface area contributed by atoms with Gasteiger partial charge >= 0.3 is 5.97 Å². The van der Waals surface area contributed by atoms with Gasteiger partial charge in [0.25, 0.3) is 0 Å². The number of anilines is 1. The number of carbonyl (C=O) groups is 2. The highest BCUT2D eigenvalue weighted by atomic mass is 32.1. The van der Waals surface area contributed by atoms with Gasteiger partial charge in [-0.05, 0) is 47.2 Å². The Bertz CT molecular complexity index is 1040. The molecule has 0 spiro atoms. The Morgan fingerprint density at radius 1 is 1.16 bits per heavy atom. The quantitative estimate of drug-likeness (QED) is 0.689. The van der Waals surface area contributed by atoms with Gasteiger partial charge in [0, 0.05) is 15.8 Å². The fourth-order valence-corrected chi connectivity index (χ4v) is 4.69. The summed E-state index contributed by atoms with van der Waals surface area (Å²) in [5.41, 5.74) is 0.579. The van der Waals surface area contributed by atoms with Crippen molar-refractivity contribution < 1.29 is 14.7 Å².